The van der Waals surface area contributed by atoms with Gasteiger partial charge in [-0.25, -0.2) is 14.2 Å². The van der Waals surface area contributed by atoms with E-state index in [4.69, 9.17) is 23.2 Å². The van der Waals surface area contributed by atoms with E-state index in [0.717, 1.165) is 17.2 Å². The van der Waals surface area contributed by atoms with Crippen LogP contribution in [0.3, 0.4) is 0 Å². The summed E-state index contributed by atoms with van der Waals surface area (Å²) in [4.78, 5) is 31.8. The molecule has 0 radical (unpaired) electrons. The number of anilines is 1. The van der Waals surface area contributed by atoms with E-state index in [0.29, 0.717) is 5.69 Å². The van der Waals surface area contributed by atoms with Gasteiger partial charge in [0, 0.05) is 12.4 Å². The number of pyridine rings is 2. The third kappa shape index (κ3) is 4.43. The minimum Gasteiger partial charge on any atom is -0.307 e. The van der Waals surface area contributed by atoms with Crippen LogP contribution in [-0.4, -0.2) is 21.9 Å². The monoisotopic (exact) mass is 384 g/mol. The predicted molar refractivity (Wildman–Crippen MR) is 93.8 cm³/mol. The molecule has 2 rings (SSSR count). The van der Waals surface area contributed by atoms with Gasteiger partial charge < -0.3 is 5.32 Å². The molecule has 0 atom stereocenters. The van der Waals surface area contributed by atoms with Crippen molar-refractivity contribution >= 4 is 40.8 Å². The number of hydrogen-bond donors (Lipinski definition) is 2. The minimum absolute atomic E-state index is 0.113. The molecule has 0 fully saturated rings. The first-order valence-corrected chi connectivity index (χ1v) is 8.04. The molecule has 9 heteroatoms. The molecule has 2 N–H and O–H groups in total. The first-order valence-electron chi connectivity index (χ1n) is 7.29. The zero-order valence-corrected chi connectivity index (χ0v) is 15.2. The summed E-state index contributed by atoms with van der Waals surface area (Å²) in [5.74, 6) is -1.70. The standard InChI is InChI=1S/C16H15Cl2FN4O2/c1-7(2)10-6-20-5-8(3)12(10)21-16(25)23-15(24)9-4-11(19)14(18)22-13(9)17/h4-7H,1-3H3,(H2,20,21,23,24,25). The van der Waals surface area contributed by atoms with Crippen LogP contribution in [-0.2, 0) is 0 Å². The van der Waals surface area contributed by atoms with Gasteiger partial charge in [0.25, 0.3) is 5.91 Å². The average molecular weight is 385 g/mol. The van der Waals surface area contributed by atoms with Crippen molar-refractivity contribution in [2.45, 2.75) is 26.7 Å². The van der Waals surface area contributed by atoms with E-state index in [2.05, 4.69) is 20.6 Å². The summed E-state index contributed by atoms with van der Waals surface area (Å²) >= 11 is 11.2. The fraction of sp³-hybridized carbons (Fsp3) is 0.250. The zero-order chi connectivity index (χ0) is 18.7. The Morgan fingerprint density at radius 1 is 1.20 bits per heavy atom. The van der Waals surface area contributed by atoms with Gasteiger partial charge in [0.05, 0.1) is 11.3 Å². The number of hydrogen-bond acceptors (Lipinski definition) is 4. The van der Waals surface area contributed by atoms with Crippen molar-refractivity contribution < 1.29 is 14.0 Å². The van der Waals surface area contributed by atoms with Gasteiger partial charge in [-0.3, -0.25) is 15.1 Å². The average Bonchev–Trinajstić information content (AvgIpc) is 2.52. The van der Waals surface area contributed by atoms with E-state index in [-0.39, 0.29) is 16.6 Å². The fourth-order valence-corrected chi connectivity index (χ4v) is 2.52. The highest BCUT2D eigenvalue weighted by Crippen LogP contribution is 2.26. The Kier molecular flexibility index (Phi) is 5.92. The van der Waals surface area contributed by atoms with Gasteiger partial charge in [-0.15, -0.1) is 0 Å². The van der Waals surface area contributed by atoms with Crippen LogP contribution in [0.2, 0.25) is 10.3 Å². The molecular weight excluding hydrogens is 370 g/mol. The summed E-state index contributed by atoms with van der Waals surface area (Å²) in [6.45, 7) is 5.69. The molecule has 0 aromatic carbocycles. The lowest BCUT2D eigenvalue weighted by Gasteiger charge is -2.16. The number of halogens is 3. The summed E-state index contributed by atoms with van der Waals surface area (Å²) in [7, 11) is 0. The zero-order valence-electron chi connectivity index (χ0n) is 13.7. The van der Waals surface area contributed by atoms with Crippen molar-refractivity contribution in [1.29, 1.82) is 0 Å². The molecule has 0 saturated carbocycles. The Balaban J connectivity index is 2.19. The van der Waals surface area contributed by atoms with Crippen LogP contribution in [0.1, 0.15) is 41.3 Å². The Morgan fingerprint density at radius 3 is 2.52 bits per heavy atom. The Morgan fingerprint density at radius 2 is 1.88 bits per heavy atom. The summed E-state index contributed by atoms with van der Waals surface area (Å²) in [6, 6.07) is 0.0324. The van der Waals surface area contributed by atoms with Crippen molar-refractivity contribution in [3.8, 4) is 0 Å². The number of nitrogens with zero attached hydrogens (tertiary/aromatic N) is 2. The SMILES string of the molecule is Cc1cncc(C(C)C)c1NC(=O)NC(=O)c1cc(F)c(Cl)nc1Cl. The Hall–Kier alpha value is -2.25. The predicted octanol–water partition coefficient (Wildman–Crippen LogP) is 4.32. The van der Waals surface area contributed by atoms with Gasteiger partial charge in [-0.05, 0) is 30.0 Å². The van der Waals surface area contributed by atoms with Crippen molar-refractivity contribution in [2.75, 3.05) is 5.32 Å². The lowest BCUT2D eigenvalue weighted by atomic mass is 10.0. The number of urea groups is 1. The summed E-state index contributed by atoms with van der Waals surface area (Å²) in [5.41, 5.74) is 1.82. The smallest absolute Gasteiger partial charge is 0.307 e. The molecule has 0 aliphatic heterocycles. The third-order valence-electron chi connectivity index (χ3n) is 3.38. The van der Waals surface area contributed by atoms with Crippen molar-refractivity contribution in [3.63, 3.8) is 0 Å². The Bertz CT molecular complexity index is 843. The first kappa shape index (κ1) is 19.1. The number of aromatic nitrogens is 2. The van der Waals surface area contributed by atoms with Crippen molar-refractivity contribution in [2.24, 2.45) is 0 Å². The maximum Gasteiger partial charge on any atom is 0.326 e. The largest absolute Gasteiger partial charge is 0.326 e. The van der Waals surface area contributed by atoms with Crippen LogP contribution in [0.5, 0.6) is 0 Å². The molecule has 132 valence electrons. The van der Waals surface area contributed by atoms with Gasteiger partial charge in [0.1, 0.15) is 5.15 Å². The van der Waals surface area contributed by atoms with Crippen molar-refractivity contribution in [3.05, 3.63) is 51.3 Å². The summed E-state index contributed by atoms with van der Waals surface area (Å²) in [6.07, 6.45) is 3.24. The number of amides is 3. The van der Waals surface area contributed by atoms with E-state index in [1.165, 1.54) is 0 Å². The molecule has 0 saturated heterocycles. The molecule has 0 aliphatic rings. The molecule has 2 heterocycles. The molecule has 0 spiro atoms. The summed E-state index contributed by atoms with van der Waals surface area (Å²) < 4.78 is 13.5. The van der Waals surface area contributed by atoms with Crippen molar-refractivity contribution in [1.82, 2.24) is 15.3 Å². The highest BCUT2D eigenvalue weighted by molar-refractivity contribution is 6.35. The minimum atomic E-state index is -0.913. The second-order valence-corrected chi connectivity index (χ2v) is 6.30. The topological polar surface area (TPSA) is 84.0 Å². The highest BCUT2D eigenvalue weighted by Gasteiger charge is 2.19. The lowest BCUT2D eigenvalue weighted by Crippen LogP contribution is -2.35. The quantitative estimate of drug-likeness (QED) is 0.771. The van der Waals surface area contributed by atoms with Crippen LogP contribution < -0.4 is 10.6 Å². The fourth-order valence-electron chi connectivity index (χ4n) is 2.11. The maximum absolute atomic E-state index is 13.5. The van der Waals surface area contributed by atoms with Crippen LogP contribution >= 0.6 is 23.2 Å². The number of carbonyl (C=O) groups excluding carboxylic acids is 2. The van der Waals surface area contributed by atoms with E-state index in [9.17, 15) is 14.0 Å². The highest BCUT2D eigenvalue weighted by atomic mass is 35.5. The van der Waals surface area contributed by atoms with E-state index >= 15 is 0 Å². The van der Waals surface area contributed by atoms with Gasteiger partial charge in [0.2, 0.25) is 0 Å². The molecule has 25 heavy (non-hydrogen) atoms. The number of rotatable bonds is 3. The molecule has 2 aromatic heterocycles. The van der Waals surface area contributed by atoms with E-state index < -0.39 is 22.9 Å². The second kappa shape index (κ2) is 7.76. The Labute approximate surface area is 153 Å². The van der Waals surface area contributed by atoms with E-state index in [1.54, 1.807) is 19.3 Å². The van der Waals surface area contributed by atoms with Crippen LogP contribution in [0.4, 0.5) is 14.9 Å². The normalized spacial score (nSPS) is 10.7. The number of nitrogens with one attached hydrogen (secondary N) is 2. The maximum atomic E-state index is 13.5. The van der Waals surface area contributed by atoms with E-state index in [1.807, 2.05) is 13.8 Å². The number of carbonyl (C=O) groups is 2. The molecule has 0 unspecified atom stereocenters. The van der Waals surface area contributed by atoms with Gasteiger partial charge >= 0.3 is 6.03 Å². The van der Waals surface area contributed by atoms with Gasteiger partial charge in [-0.1, -0.05) is 37.0 Å². The molecule has 0 aliphatic carbocycles. The third-order valence-corrected chi connectivity index (χ3v) is 3.94. The van der Waals surface area contributed by atoms with Crippen LogP contribution in [0.25, 0.3) is 0 Å². The molecule has 3 amide bonds. The van der Waals surface area contributed by atoms with Gasteiger partial charge in [-0.2, -0.15) is 0 Å². The van der Waals surface area contributed by atoms with Gasteiger partial charge in [0.15, 0.2) is 11.0 Å². The van der Waals surface area contributed by atoms with Crippen LogP contribution in [0.15, 0.2) is 18.5 Å². The summed E-state index contributed by atoms with van der Waals surface area (Å²) in [5, 5.41) is 3.93. The number of aryl methyl sites for hydroxylation is 1. The molecule has 2 aromatic rings. The second-order valence-electron chi connectivity index (χ2n) is 5.58. The first-order chi connectivity index (χ1) is 11.7. The lowest BCUT2D eigenvalue weighted by molar-refractivity contribution is 0.0966. The molecule has 6 nitrogen and oxygen atoms in total. The molecular formula is C16H15Cl2FN4O2. The van der Waals surface area contributed by atoms with Crippen LogP contribution in [0, 0.1) is 12.7 Å². The number of imide groups is 1. The molecule has 0 bridgehead atoms.